The first-order chi connectivity index (χ1) is 12.4. The van der Waals surface area contributed by atoms with Gasteiger partial charge >= 0.3 is 0 Å². The van der Waals surface area contributed by atoms with Crippen LogP contribution in [0.2, 0.25) is 0 Å². The highest BCUT2D eigenvalue weighted by molar-refractivity contribution is 5.78. The Morgan fingerprint density at radius 3 is 1.62 bits per heavy atom. The number of nitrogens with one attached hydrogen (secondary N) is 1. The van der Waals surface area contributed by atoms with Crippen LogP contribution in [0.3, 0.4) is 0 Å². The number of carbonyl (C=O) groups excluding carboxylic acids is 3. The Morgan fingerprint density at radius 2 is 1.19 bits per heavy atom. The van der Waals surface area contributed by atoms with Crippen molar-refractivity contribution in [2.75, 3.05) is 26.2 Å². The number of hydrogen-bond acceptors (Lipinski definition) is 5. The highest BCUT2D eigenvalue weighted by Crippen LogP contribution is 2.07. The van der Waals surface area contributed by atoms with Crippen molar-refractivity contribution in [1.29, 1.82) is 0 Å². The number of carbonyl (C=O) groups is 3. The highest BCUT2D eigenvalue weighted by Gasteiger charge is 2.14. The monoisotopic (exact) mass is 368 g/mol. The first-order valence-corrected chi connectivity index (χ1v) is 10.4. The van der Waals surface area contributed by atoms with Gasteiger partial charge in [-0.3, -0.25) is 19.3 Å². The van der Waals surface area contributed by atoms with Crippen LogP contribution in [-0.2, 0) is 14.4 Å². The third kappa shape index (κ3) is 13.2. The van der Waals surface area contributed by atoms with Crippen molar-refractivity contribution in [3.8, 4) is 0 Å². The van der Waals surface area contributed by atoms with E-state index in [1.165, 1.54) is 0 Å². The van der Waals surface area contributed by atoms with E-state index in [2.05, 4.69) is 17.1 Å². The molecule has 0 aliphatic heterocycles. The molecule has 0 saturated heterocycles. The van der Waals surface area contributed by atoms with Crippen LogP contribution in [0.1, 0.15) is 85.5 Å². The van der Waals surface area contributed by atoms with Gasteiger partial charge in [0.05, 0.1) is 0 Å². The van der Waals surface area contributed by atoms with Crippen LogP contribution in [0, 0.1) is 0 Å². The Hall–Kier alpha value is -1.07. The maximum absolute atomic E-state index is 11.5. The molecule has 0 spiro atoms. The summed E-state index contributed by atoms with van der Waals surface area (Å²) < 4.78 is 0. The molecule has 26 heavy (non-hydrogen) atoms. The smallest absolute Gasteiger partial charge is 0.132 e. The molecular weight excluding hydrogens is 328 g/mol. The molecule has 0 heterocycles. The third-order valence-corrected chi connectivity index (χ3v) is 4.86. The van der Waals surface area contributed by atoms with E-state index in [1.807, 2.05) is 20.8 Å². The average Bonchev–Trinajstić information content (AvgIpc) is 2.65. The van der Waals surface area contributed by atoms with E-state index in [0.717, 1.165) is 45.4 Å². The number of ketones is 3. The first-order valence-electron chi connectivity index (χ1n) is 10.4. The summed E-state index contributed by atoms with van der Waals surface area (Å²) in [6, 6.07) is 0.352. The lowest BCUT2D eigenvalue weighted by Gasteiger charge is -2.29. The summed E-state index contributed by atoms with van der Waals surface area (Å²) in [7, 11) is 0. The van der Waals surface area contributed by atoms with Crippen LogP contribution in [0.5, 0.6) is 0 Å². The fraction of sp³-hybridized carbons (Fsp3) is 0.857. The van der Waals surface area contributed by atoms with Crippen molar-refractivity contribution < 1.29 is 14.4 Å². The molecular formula is C21H40N2O3. The standard InChI is InChI=1S/C21H40N2O3/c1-5-19(24)11-8-14-22-17-18(4)23(15-9-12-20(25)6-2)16-10-13-21(26)7-3/h18,22H,5-17H2,1-4H3. The van der Waals surface area contributed by atoms with E-state index in [4.69, 9.17) is 0 Å². The minimum atomic E-state index is 0.317. The summed E-state index contributed by atoms with van der Waals surface area (Å²) in [5.74, 6) is 0.956. The topological polar surface area (TPSA) is 66.5 Å². The van der Waals surface area contributed by atoms with Crippen LogP contribution in [0.4, 0.5) is 0 Å². The lowest BCUT2D eigenvalue weighted by Crippen LogP contribution is -2.42. The van der Waals surface area contributed by atoms with E-state index in [9.17, 15) is 14.4 Å². The summed E-state index contributed by atoms with van der Waals surface area (Å²) in [6.45, 7) is 11.4. The molecule has 0 radical (unpaired) electrons. The molecule has 0 aromatic carbocycles. The molecule has 152 valence electrons. The van der Waals surface area contributed by atoms with Crippen molar-refractivity contribution in [2.45, 2.75) is 91.5 Å². The van der Waals surface area contributed by atoms with Crippen LogP contribution in [-0.4, -0.2) is 54.5 Å². The molecule has 0 aliphatic rings. The lowest BCUT2D eigenvalue weighted by molar-refractivity contribution is -0.119. The highest BCUT2D eigenvalue weighted by atomic mass is 16.1. The van der Waals surface area contributed by atoms with Crippen molar-refractivity contribution in [1.82, 2.24) is 10.2 Å². The zero-order valence-electron chi connectivity index (χ0n) is 17.4. The van der Waals surface area contributed by atoms with Gasteiger partial charge in [0.2, 0.25) is 0 Å². The lowest BCUT2D eigenvalue weighted by atomic mass is 10.1. The van der Waals surface area contributed by atoms with Gasteiger partial charge in [-0.25, -0.2) is 0 Å². The number of Topliss-reactive ketones (excluding diaryl/α,β-unsaturated/α-hetero) is 3. The van der Waals surface area contributed by atoms with E-state index >= 15 is 0 Å². The predicted molar refractivity (Wildman–Crippen MR) is 108 cm³/mol. The quantitative estimate of drug-likeness (QED) is 0.375. The second-order valence-electron chi connectivity index (χ2n) is 7.08. The van der Waals surface area contributed by atoms with E-state index < -0.39 is 0 Å². The van der Waals surface area contributed by atoms with E-state index in [0.29, 0.717) is 61.9 Å². The molecule has 1 unspecified atom stereocenters. The summed E-state index contributed by atoms with van der Waals surface area (Å²) in [4.78, 5) is 36.8. The molecule has 0 saturated carbocycles. The van der Waals surface area contributed by atoms with Crippen molar-refractivity contribution in [3.05, 3.63) is 0 Å². The normalized spacial score (nSPS) is 12.3. The Labute approximate surface area is 160 Å². The van der Waals surface area contributed by atoms with Gasteiger partial charge in [-0.15, -0.1) is 0 Å². The van der Waals surface area contributed by atoms with E-state index in [1.54, 1.807) is 0 Å². The molecule has 0 bridgehead atoms. The van der Waals surface area contributed by atoms with Gasteiger partial charge in [0.15, 0.2) is 0 Å². The third-order valence-electron chi connectivity index (χ3n) is 4.86. The molecule has 1 atom stereocenters. The van der Waals surface area contributed by atoms with Crippen LogP contribution in [0.15, 0.2) is 0 Å². The molecule has 0 rings (SSSR count). The molecule has 5 heteroatoms. The Morgan fingerprint density at radius 1 is 0.769 bits per heavy atom. The maximum Gasteiger partial charge on any atom is 0.132 e. The SMILES string of the molecule is CCC(=O)CCCNCC(C)N(CCCC(=O)CC)CCCC(=O)CC. The first kappa shape index (κ1) is 24.9. The Balaban J connectivity index is 4.24. The molecule has 0 fully saturated rings. The Bertz CT molecular complexity index is 388. The zero-order valence-corrected chi connectivity index (χ0v) is 17.4. The van der Waals surface area contributed by atoms with Gasteiger partial charge in [-0.1, -0.05) is 20.8 Å². The summed E-state index contributed by atoms with van der Waals surface area (Å²) in [5.41, 5.74) is 0. The minimum Gasteiger partial charge on any atom is -0.315 e. The van der Waals surface area contributed by atoms with Crippen molar-refractivity contribution >= 4 is 17.3 Å². The molecule has 0 amide bonds. The molecule has 0 aromatic heterocycles. The summed E-state index contributed by atoms with van der Waals surface area (Å²) in [6.07, 6.45) is 6.41. The van der Waals surface area contributed by atoms with Gasteiger partial charge < -0.3 is 5.32 Å². The van der Waals surface area contributed by atoms with Crippen LogP contribution < -0.4 is 5.32 Å². The fourth-order valence-corrected chi connectivity index (χ4v) is 2.89. The number of nitrogens with zero attached hydrogens (tertiary/aromatic N) is 1. The van der Waals surface area contributed by atoms with E-state index in [-0.39, 0.29) is 0 Å². The number of rotatable bonds is 18. The van der Waals surface area contributed by atoms with Crippen LogP contribution in [0.25, 0.3) is 0 Å². The summed E-state index contributed by atoms with van der Waals surface area (Å²) in [5, 5.41) is 3.44. The largest absolute Gasteiger partial charge is 0.315 e. The van der Waals surface area contributed by atoms with Crippen molar-refractivity contribution in [2.24, 2.45) is 0 Å². The van der Waals surface area contributed by atoms with Crippen LogP contribution >= 0.6 is 0 Å². The summed E-state index contributed by atoms with van der Waals surface area (Å²) >= 11 is 0. The Kier molecular flexibility index (Phi) is 15.5. The second kappa shape index (κ2) is 16.1. The predicted octanol–water partition coefficient (Wildman–Crippen LogP) is 3.54. The van der Waals surface area contributed by atoms with Gasteiger partial charge in [0.25, 0.3) is 0 Å². The maximum atomic E-state index is 11.5. The molecule has 5 nitrogen and oxygen atoms in total. The molecule has 0 aromatic rings. The average molecular weight is 369 g/mol. The fourth-order valence-electron chi connectivity index (χ4n) is 2.89. The molecule has 0 aliphatic carbocycles. The molecule has 1 N–H and O–H groups in total. The van der Waals surface area contributed by atoms with Gasteiger partial charge in [-0.2, -0.15) is 0 Å². The van der Waals surface area contributed by atoms with Crippen molar-refractivity contribution in [3.63, 3.8) is 0 Å². The second-order valence-corrected chi connectivity index (χ2v) is 7.08. The van der Waals surface area contributed by atoms with Gasteiger partial charge in [-0.05, 0) is 45.8 Å². The minimum absolute atomic E-state index is 0.317. The van der Waals surface area contributed by atoms with Gasteiger partial charge in [0.1, 0.15) is 17.3 Å². The zero-order chi connectivity index (χ0) is 19.8. The number of hydrogen-bond donors (Lipinski definition) is 1. The van der Waals surface area contributed by atoms with Gasteiger partial charge in [0, 0.05) is 51.1 Å².